The van der Waals surface area contributed by atoms with E-state index in [1.54, 1.807) is 24.1 Å². The van der Waals surface area contributed by atoms with Gasteiger partial charge in [-0.15, -0.1) is 6.58 Å². The Kier molecular flexibility index (Phi) is 7.87. The van der Waals surface area contributed by atoms with Crippen molar-refractivity contribution in [3.63, 3.8) is 0 Å². The lowest BCUT2D eigenvalue weighted by atomic mass is 10.1. The molecule has 160 valence electrons. The molecule has 1 heterocycles. The molecule has 0 spiro atoms. The Bertz CT molecular complexity index is 737. The van der Waals surface area contributed by atoms with Gasteiger partial charge in [-0.1, -0.05) is 12.1 Å². The first kappa shape index (κ1) is 22.5. The van der Waals surface area contributed by atoms with Crippen LogP contribution in [0.3, 0.4) is 0 Å². The van der Waals surface area contributed by atoms with Crippen molar-refractivity contribution < 1.29 is 13.9 Å². The molecule has 0 saturated carbocycles. The van der Waals surface area contributed by atoms with Crippen molar-refractivity contribution in [3.8, 4) is 0 Å². The van der Waals surface area contributed by atoms with E-state index in [2.05, 4.69) is 22.2 Å². The number of benzene rings is 1. The molecule has 0 aliphatic carbocycles. The molecule has 2 N–H and O–H groups in total. The van der Waals surface area contributed by atoms with Gasteiger partial charge < -0.3 is 25.2 Å². The first-order chi connectivity index (χ1) is 13.7. The molecule has 1 fully saturated rings. The van der Waals surface area contributed by atoms with Gasteiger partial charge in [0.2, 0.25) is 0 Å². The minimum absolute atomic E-state index is 0.274. The summed E-state index contributed by atoms with van der Waals surface area (Å²) in [6, 6.07) is 5.21. The van der Waals surface area contributed by atoms with Gasteiger partial charge >= 0.3 is 6.09 Å². The number of amides is 1. The molecule has 1 aromatic carbocycles. The summed E-state index contributed by atoms with van der Waals surface area (Å²) >= 11 is 0. The Morgan fingerprint density at radius 3 is 2.52 bits per heavy atom. The second-order valence-corrected chi connectivity index (χ2v) is 7.84. The summed E-state index contributed by atoms with van der Waals surface area (Å²) in [5.41, 5.74) is 0.847. The van der Waals surface area contributed by atoms with Crippen molar-refractivity contribution >= 4 is 17.7 Å². The van der Waals surface area contributed by atoms with Crippen molar-refractivity contribution in [1.29, 1.82) is 0 Å². The number of nitrogens with zero attached hydrogens (tertiary/aromatic N) is 3. The Morgan fingerprint density at radius 2 is 1.97 bits per heavy atom. The number of hydrogen-bond acceptors (Lipinski definition) is 4. The maximum atomic E-state index is 14.7. The lowest BCUT2D eigenvalue weighted by molar-refractivity contribution is 0.0240. The zero-order chi connectivity index (χ0) is 21.4. The predicted octanol–water partition coefficient (Wildman–Crippen LogP) is 2.73. The molecule has 8 heteroatoms. The number of carbonyl (C=O) groups is 1. The van der Waals surface area contributed by atoms with E-state index in [0.717, 1.165) is 5.56 Å². The van der Waals surface area contributed by atoms with Crippen molar-refractivity contribution in [3.05, 3.63) is 42.2 Å². The maximum Gasteiger partial charge on any atom is 0.410 e. The van der Waals surface area contributed by atoms with E-state index in [0.29, 0.717) is 50.9 Å². The summed E-state index contributed by atoms with van der Waals surface area (Å²) < 4.78 is 20.1. The summed E-state index contributed by atoms with van der Waals surface area (Å²) in [6.45, 7) is 12.4. The highest BCUT2D eigenvalue weighted by Gasteiger charge is 2.26. The average Bonchev–Trinajstić information content (AvgIpc) is 2.67. The lowest BCUT2D eigenvalue weighted by Crippen LogP contribution is -2.50. The van der Waals surface area contributed by atoms with E-state index in [9.17, 15) is 9.18 Å². The van der Waals surface area contributed by atoms with Crippen molar-refractivity contribution in [2.45, 2.75) is 32.9 Å². The second-order valence-electron chi connectivity index (χ2n) is 7.84. The second kappa shape index (κ2) is 10.1. The predicted molar refractivity (Wildman–Crippen MR) is 115 cm³/mol. The number of guanidine groups is 1. The molecular weight excluding hydrogens is 373 g/mol. The third-order valence-corrected chi connectivity index (χ3v) is 4.38. The normalized spacial score (nSPS) is 15.1. The highest BCUT2D eigenvalue weighted by atomic mass is 19.1. The molecule has 0 bridgehead atoms. The van der Waals surface area contributed by atoms with E-state index < -0.39 is 5.60 Å². The van der Waals surface area contributed by atoms with E-state index in [1.165, 1.54) is 6.07 Å². The Morgan fingerprint density at radius 1 is 1.28 bits per heavy atom. The number of ether oxygens (including phenoxy) is 1. The lowest BCUT2D eigenvalue weighted by Gasteiger charge is -2.36. The molecule has 2 rings (SSSR count). The topological polar surface area (TPSA) is 69.2 Å². The number of nitrogens with one attached hydrogen (secondary N) is 2. The Balaban J connectivity index is 1.91. The minimum atomic E-state index is -0.520. The van der Waals surface area contributed by atoms with Crippen LogP contribution in [0, 0.1) is 5.82 Å². The number of aliphatic imine (C=N–C) groups is 1. The first-order valence-corrected chi connectivity index (χ1v) is 9.80. The summed E-state index contributed by atoms with van der Waals surface area (Å²) in [5.74, 6) is 0.358. The number of rotatable bonds is 5. The largest absolute Gasteiger partial charge is 0.444 e. The van der Waals surface area contributed by atoms with E-state index in [4.69, 9.17) is 4.74 Å². The molecular formula is C21H32FN5O2. The first-order valence-electron chi connectivity index (χ1n) is 9.80. The zero-order valence-electron chi connectivity index (χ0n) is 17.8. The van der Waals surface area contributed by atoms with Gasteiger partial charge in [-0.25, -0.2) is 9.18 Å². The van der Waals surface area contributed by atoms with Gasteiger partial charge in [0, 0.05) is 46.3 Å². The summed E-state index contributed by atoms with van der Waals surface area (Å²) in [6.07, 6.45) is 1.42. The summed E-state index contributed by atoms with van der Waals surface area (Å²) in [4.78, 5) is 19.9. The van der Waals surface area contributed by atoms with Gasteiger partial charge in [-0.2, -0.15) is 0 Å². The third kappa shape index (κ3) is 6.96. The van der Waals surface area contributed by atoms with Crippen LogP contribution in [0.25, 0.3) is 0 Å². The van der Waals surface area contributed by atoms with Crippen LogP contribution < -0.4 is 15.5 Å². The fourth-order valence-electron chi connectivity index (χ4n) is 2.95. The molecule has 1 saturated heterocycles. The van der Waals surface area contributed by atoms with Crippen molar-refractivity contribution in [1.82, 2.24) is 15.5 Å². The van der Waals surface area contributed by atoms with Gasteiger partial charge in [0.05, 0.1) is 5.69 Å². The Labute approximate surface area is 172 Å². The maximum absolute atomic E-state index is 14.7. The molecule has 0 unspecified atom stereocenters. The third-order valence-electron chi connectivity index (χ3n) is 4.38. The molecule has 1 amide bonds. The van der Waals surface area contributed by atoms with Crippen LogP contribution in [0.2, 0.25) is 0 Å². The smallest absolute Gasteiger partial charge is 0.410 e. The van der Waals surface area contributed by atoms with Crippen LogP contribution in [0.15, 0.2) is 35.8 Å². The van der Waals surface area contributed by atoms with E-state index >= 15 is 0 Å². The number of hydrogen-bond donors (Lipinski definition) is 2. The van der Waals surface area contributed by atoms with Crippen LogP contribution in [-0.4, -0.2) is 62.3 Å². The van der Waals surface area contributed by atoms with Crippen molar-refractivity contribution in [2.75, 3.05) is 44.7 Å². The standard InChI is InChI=1S/C21H32FN5O2/c1-6-9-24-19(23-5)25-15-16-7-8-18(17(22)14-16)26-10-12-27(13-11-26)20(28)29-21(2,3)4/h6-8,14H,1,9-13,15H2,2-5H3,(H2,23,24,25). The van der Waals surface area contributed by atoms with Gasteiger partial charge in [0.25, 0.3) is 0 Å². The molecule has 29 heavy (non-hydrogen) atoms. The average molecular weight is 406 g/mol. The van der Waals surface area contributed by atoms with Crippen LogP contribution in [0.4, 0.5) is 14.9 Å². The molecule has 1 aliphatic rings. The highest BCUT2D eigenvalue weighted by molar-refractivity contribution is 5.79. The van der Waals surface area contributed by atoms with Crippen LogP contribution >= 0.6 is 0 Å². The molecule has 7 nitrogen and oxygen atoms in total. The zero-order valence-corrected chi connectivity index (χ0v) is 17.8. The van der Waals surface area contributed by atoms with E-state index in [1.807, 2.05) is 31.7 Å². The monoisotopic (exact) mass is 405 g/mol. The molecule has 0 aromatic heterocycles. The fourth-order valence-corrected chi connectivity index (χ4v) is 2.95. The molecule has 1 aliphatic heterocycles. The number of piperazine rings is 1. The molecule has 0 atom stereocenters. The van der Waals surface area contributed by atoms with Gasteiger partial charge in [0.1, 0.15) is 11.4 Å². The molecule has 1 aromatic rings. The summed E-state index contributed by atoms with van der Waals surface area (Å²) in [5, 5.41) is 6.21. The minimum Gasteiger partial charge on any atom is -0.444 e. The number of anilines is 1. The molecule has 0 radical (unpaired) electrons. The Hall–Kier alpha value is -2.77. The summed E-state index contributed by atoms with van der Waals surface area (Å²) in [7, 11) is 1.68. The van der Waals surface area contributed by atoms with Crippen LogP contribution in [-0.2, 0) is 11.3 Å². The number of carbonyl (C=O) groups excluding carboxylic acids is 1. The van der Waals surface area contributed by atoms with E-state index in [-0.39, 0.29) is 11.9 Å². The van der Waals surface area contributed by atoms with Gasteiger partial charge in [-0.05, 0) is 38.5 Å². The number of halogens is 1. The fraction of sp³-hybridized carbons (Fsp3) is 0.524. The van der Waals surface area contributed by atoms with Gasteiger partial charge in [-0.3, -0.25) is 4.99 Å². The van der Waals surface area contributed by atoms with Crippen LogP contribution in [0.1, 0.15) is 26.3 Å². The SMILES string of the molecule is C=CCNC(=NC)NCc1ccc(N2CCN(C(=O)OC(C)(C)C)CC2)c(F)c1. The van der Waals surface area contributed by atoms with Crippen molar-refractivity contribution in [2.24, 2.45) is 4.99 Å². The van der Waals surface area contributed by atoms with Gasteiger partial charge in [0.15, 0.2) is 5.96 Å². The quantitative estimate of drug-likeness (QED) is 0.448. The highest BCUT2D eigenvalue weighted by Crippen LogP contribution is 2.22. The van der Waals surface area contributed by atoms with Crippen LogP contribution in [0.5, 0.6) is 0 Å².